The SMILES string of the molecule is Cc1ccccc1Cn1c(C(=O)O)c(CN[C@H]2CCCC[C@@H]2C)c2ccccc21. The topological polar surface area (TPSA) is 54.3 Å². The van der Waals surface area contributed by atoms with Crippen LogP contribution in [0.1, 0.15) is 59.8 Å². The normalized spacial score (nSPS) is 19.5. The van der Waals surface area contributed by atoms with E-state index in [0.29, 0.717) is 30.7 Å². The Balaban J connectivity index is 1.74. The first-order valence-corrected chi connectivity index (χ1v) is 10.7. The first-order chi connectivity index (χ1) is 14.1. The minimum absolute atomic E-state index is 0.408. The first kappa shape index (κ1) is 19.7. The lowest BCUT2D eigenvalue weighted by atomic mass is 9.86. The van der Waals surface area contributed by atoms with Gasteiger partial charge in [0.15, 0.2) is 0 Å². The second-order valence-electron chi connectivity index (χ2n) is 8.41. The van der Waals surface area contributed by atoms with Crippen LogP contribution in [-0.2, 0) is 13.1 Å². The molecule has 1 aliphatic carbocycles. The Morgan fingerprint density at radius 3 is 2.59 bits per heavy atom. The molecule has 0 saturated heterocycles. The van der Waals surface area contributed by atoms with Gasteiger partial charge in [0.1, 0.15) is 5.69 Å². The maximum atomic E-state index is 12.4. The zero-order valence-electron chi connectivity index (χ0n) is 17.3. The van der Waals surface area contributed by atoms with Crippen molar-refractivity contribution in [1.29, 1.82) is 0 Å². The highest BCUT2D eigenvalue weighted by atomic mass is 16.4. The summed E-state index contributed by atoms with van der Waals surface area (Å²) in [6.07, 6.45) is 4.97. The molecule has 29 heavy (non-hydrogen) atoms. The second kappa shape index (κ2) is 8.42. The van der Waals surface area contributed by atoms with Crippen LogP contribution >= 0.6 is 0 Å². The van der Waals surface area contributed by atoms with Crippen LogP contribution in [0.5, 0.6) is 0 Å². The highest BCUT2D eigenvalue weighted by molar-refractivity contribution is 5.98. The number of aryl methyl sites for hydroxylation is 1. The summed E-state index contributed by atoms with van der Waals surface area (Å²) in [6.45, 7) is 5.54. The van der Waals surface area contributed by atoms with Gasteiger partial charge in [-0.2, -0.15) is 0 Å². The van der Waals surface area contributed by atoms with Crippen molar-refractivity contribution < 1.29 is 9.90 Å². The predicted molar refractivity (Wildman–Crippen MR) is 117 cm³/mol. The van der Waals surface area contributed by atoms with Gasteiger partial charge in [0.2, 0.25) is 0 Å². The summed E-state index contributed by atoms with van der Waals surface area (Å²) in [5.41, 5.74) is 4.63. The first-order valence-electron chi connectivity index (χ1n) is 10.7. The van der Waals surface area contributed by atoms with E-state index in [9.17, 15) is 9.90 Å². The van der Waals surface area contributed by atoms with Gasteiger partial charge in [-0.15, -0.1) is 0 Å². The van der Waals surface area contributed by atoms with E-state index in [0.717, 1.165) is 22.0 Å². The van der Waals surface area contributed by atoms with Crippen molar-refractivity contribution in [2.24, 2.45) is 5.92 Å². The van der Waals surface area contributed by atoms with E-state index in [1.165, 1.54) is 31.2 Å². The summed E-state index contributed by atoms with van der Waals surface area (Å²) in [5, 5.41) is 14.9. The minimum Gasteiger partial charge on any atom is -0.477 e. The monoisotopic (exact) mass is 390 g/mol. The third-order valence-corrected chi connectivity index (χ3v) is 6.52. The van der Waals surface area contributed by atoms with E-state index in [4.69, 9.17) is 0 Å². The van der Waals surface area contributed by atoms with Crippen LogP contribution in [0, 0.1) is 12.8 Å². The van der Waals surface area contributed by atoms with Crippen LogP contribution in [0.4, 0.5) is 0 Å². The summed E-state index contributed by atoms with van der Waals surface area (Å²) in [5.74, 6) is -0.222. The molecule has 3 aromatic rings. The summed E-state index contributed by atoms with van der Waals surface area (Å²) < 4.78 is 1.97. The largest absolute Gasteiger partial charge is 0.477 e. The van der Waals surface area contributed by atoms with E-state index in [2.05, 4.69) is 37.4 Å². The number of aromatic nitrogens is 1. The molecule has 1 aliphatic rings. The Morgan fingerprint density at radius 1 is 1.10 bits per heavy atom. The quantitative estimate of drug-likeness (QED) is 0.595. The molecule has 0 unspecified atom stereocenters. The third kappa shape index (κ3) is 3.95. The zero-order valence-corrected chi connectivity index (χ0v) is 17.3. The minimum atomic E-state index is -0.858. The number of hydrogen-bond donors (Lipinski definition) is 2. The van der Waals surface area contributed by atoms with Gasteiger partial charge in [-0.3, -0.25) is 0 Å². The van der Waals surface area contributed by atoms with E-state index in [-0.39, 0.29) is 0 Å². The Bertz CT molecular complexity index is 1020. The van der Waals surface area contributed by atoms with Crippen LogP contribution in [0.2, 0.25) is 0 Å². The van der Waals surface area contributed by atoms with E-state index >= 15 is 0 Å². The summed E-state index contributed by atoms with van der Waals surface area (Å²) in [4.78, 5) is 12.4. The van der Waals surface area contributed by atoms with Crippen molar-refractivity contribution in [3.63, 3.8) is 0 Å². The van der Waals surface area contributed by atoms with Crippen LogP contribution < -0.4 is 5.32 Å². The summed E-state index contributed by atoms with van der Waals surface area (Å²) >= 11 is 0. The lowest BCUT2D eigenvalue weighted by Gasteiger charge is -2.29. The Hall–Kier alpha value is -2.59. The van der Waals surface area contributed by atoms with Crippen molar-refractivity contribution in [3.8, 4) is 0 Å². The molecule has 1 saturated carbocycles. The highest BCUT2D eigenvalue weighted by Crippen LogP contribution is 2.29. The molecular formula is C25H30N2O2. The molecule has 4 nitrogen and oxygen atoms in total. The molecule has 152 valence electrons. The van der Waals surface area contributed by atoms with Crippen molar-refractivity contribution in [2.75, 3.05) is 0 Å². The number of hydrogen-bond acceptors (Lipinski definition) is 2. The van der Waals surface area contributed by atoms with Crippen LogP contribution in [-0.4, -0.2) is 21.7 Å². The number of nitrogens with zero attached hydrogens (tertiary/aromatic N) is 1. The molecule has 1 aromatic heterocycles. The number of carbonyl (C=O) groups is 1. The molecule has 0 spiro atoms. The Labute approximate surface area is 172 Å². The molecule has 0 aliphatic heterocycles. The fourth-order valence-electron chi connectivity index (χ4n) is 4.77. The molecule has 2 atom stereocenters. The fraction of sp³-hybridized carbons (Fsp3) is 0.400. The number of para-hydroxylation sites is 1. The zero-order chi connectivity index (χ0) is 20.4. The van der Waals surface area contributed by atoms with Gasteiger partial charge in [0.05, 0.1) is 0 Å². The van der Waals surface area contributed by atoms with Gasteiger partial charge in [0, 0.05) is 35.6 Å². The molecule has 0 radical (unpaired) electrons. The lowest BCUT2D eigenvalue weighted by Crippen LogP contribution is -2.37. The summed E-state index contributed by atoms with van der Waals surface area (Å²) in [7, 11) is 0. The van der Waals surface area contributed by atoms with Crippen molar-refractivity contribution in [1.82, 2.24) is 9.88 Å². The van der Waals surface area contributed by atoms with Gasteiger partial charge in [-0.1, -0.05) is 62.2 Å². The standard InChI is InChI=1S/C25H30N2O2/c1-17-9-3-5-11-19(17)16-27-23-14-8-6-12-20(23)21(24(27)25(28)29)15-26-22-13-7-4-10-18(22)2/h3,5-6,8-9,11-12,14,18,22,26H,4,7,10,13,15-16H2,1-2H3,(H,28,29)/t18-,22-/m0/s1. The number of rotatable bonds is 6. The number of nitrogens with one attached hydrogen (secondary N) is 1. The maximum Gasteiger partial charge on any atom is 0.352 e. The molecule has 2 aromatic carbocycles. The van der Waals surface area contributed by atoms with Crippen LogP contribution in [0.25, 0.3) is 10.9 Å². The lowest BCUT2D eigenvalue weighted by molar-refractivity contribution is 0.0684. The average Bonchev–Trinajstić information content (AvgIpc) is 3.03. The maximum absolute atomic E-state index is 12.4. The van der Waals surface area contributed by atoms with E-state index in [1.807, 2.05) is 34.9 Å². The molecule has 0 bridgehead atoms. The molecule has 2 N–H and O–H groups in total. The number of aromatic carboxylic acids is 1. The highest BCUT2D eigenvalue weighted by Gasteiger charge is 2.25. The molecule has 0 amide bonds. The third-order valence-electron chi connectivity index (χ3n) is 6.52. The van der Waals surface area contributed by atoms with Crippen molar-refractivity contribution >= 4 is 16.9 Å². The number of carboxylic acid groups (broad SMARTS) is 1. The van der Waals surface area contributed by atoms with Gasteiger partial charge < -0.3 is 15.0 Å². The molecule has 1 fully saturated rings. The molecule has 4 rings (SSSR count). The smallest absolute Gasteiger partial charge is 0.352 e. The predicted octanol–water partition coefficient (Wildman–Crippen LogP) is 5.36. The number of benzene rings is 2. The van der Waals surface area contributed by atoms with Gasteiger partial charge >= 0.3 is 5.97 Å². The molecular weight excluding hydrogens is 360 g/mol. The molecule has 1 heterocycles. The summed E-state index contributed by atoms with van der Waals surface area (Å²) in [6, 6.07) is 16.7. The van der Waals surface area contributed by atoms with E-state index in [1.54, 1.807) is 0 Å². The van der Waals surface area contributed by atoms with Crippen molar-refractivity contribution in [2.45, 2.75) is 58.7 Å². The van der Waals surface area contributed by atoms with Crippen LogP contribution in [0.15, 0.2) is 48.5 Å². The Morgan fingerprint density at radius 2 is 1.83 bits per heavy atom. The van der Waals surface area contributed by atoms with Gasteiger partial charge in [-0.05, 0) is 42.9 Å². The van der Waals surface area contributed by atoms with Gasteiger partial charge in [0.25, 0.3) is 0 Å². The van der Waals surface area contributed by atoms with Gasteiger partial charge in [-0.25, -0.2) is 4.79 Å². The van der Waals surface area contributed by atoms with Crippen LogP contribution in [0.3, 0.4) is 0 Å². The second-order valence-corrected chi connectivity index (χ2v) is 8.41. The number of carboxylic acids is 1. The number of fused-ring (bicyclic) bond motifs is 1. The fourth-order valence-corrected chi connectivity index (χ4v) is 4.77. The average molecular weight is 391 g/mol. The molecule has 4 heteroatoms. The Kier molecular flexibility index (Phi) is 5.72. The van der Waals surface area contributed by atoms with Crippen molar-refractivity contribution in [3.05, 3.63) is 70.9 Å². The van der Waals surface area contributed by atoms with E-state index < -0.39 is 5.97 Å².